The van der Waals surface area contributed by atoms with Crippen LogP contribution >= 0.6 is 23.1 Å². The van der Waals surface area contributed by atoms with Gasteiger partial charge >= 0.3 is 0 Å². The number of carbonyl (C=O) groups is 1. The maximum atomic E-state index is 12.5. The SMILES string of the molecule is CC(C)Oc1ccc(/C=C2\SC(=N)[C@@H](c3nccs3)C2=O)cc1. The Bertz CT molecular complexity index is 749. The molecule has 2 aromatic rings. The number of rotatable bonds is 4. The summed E-state index contributed by atoms with van der Waals surface area (Å²) in [4.78, 5) is 17.3. The van der Waals surface area contributed by atoms with Gasteiger partial charge in [0, 0.05) is 11.6 Å². The fraction of sp³-hybridized carbons (Fsp3) is 0.235. The molecular formula is C17H16N2O2S2. The molecule has 1 atom stereocenters. The van der Waals surface area contributed by atoms with Crippen molar-refractivity contribution in [2.45, 2.75) is 25.9 Å². The van der Waals surface area contributed by atoms with Gasteiger partial charge in [0.15, 0.2) is 5.78 Å². The topological polar surface area (TPSA) is 63.0 Å². The number of thioether (sulfide) groups is 1. The Morgan fingerprint density at radius 2 is 2.04 bits per heavy atom. The first-order valence-corrected chi connectivity index (χ1v) is 8.92. The zero-order valence-electron chi connectivity index (χ0n) is 12.8. The number of ether oxygens (including phenoxy) is 1. The van der Waals surface area contributed by atoms with E-state index in [9.17, 15) is 4.79 Å². The van der Waals surface area contributed by atoms with E-state index < -0.39 is 5.92 Å². The van der Waals surface area contributed by atoms with Crippen molar-refractivity contribution in [1.29, 1.82) is 5.41 Å². The highest BCUT2D eigenvalue weighted by atomic mass is 32.2. The van der Waals surface area contributed by atoms with E-state index >= 15 is 0 Å². The monoisotopic (exact) mass is 344 g/mol. The summed E-state index contributed by atoms with van der Waals surface area (Å²) in [7, 11) is 0. The highest BCUT2D eigenvalue weighted by Gasteiger charge is 2.38. The molecule has 0 bridgehead atoms. The summed E-state index contributed by atoms with van der Waals surface area (Å²) in [5, 5.41) is 10.9. The Morgan fingerprint density at radius 1 is 1.30 bits per heavy atom. The second kappa shape index (κ2) is 6.68. The van der Waals surface area contributed by atoms with Gasteiger partial charge in [-0.2, -0.15) is 0 Å². The Labute approximate surface area is 143 Å². The summed E-state index contributed by atoms with van der Waals surface area (Å²) < 4.78 is 5.61. The molecule has 2 heterocycles. The number of nitrogens with zero attached hydrogens (tertiary/aromatic N) is 1. The van der Waals surface area contributed by atoms with Gasteiger partial charge in [0.1, 0.15) is 16.7 Å². The third kappa shape index (κ3) is 3.54. The number of ketones is 1. The number of aromatic nitrogens is 1. The number of carbonyl (C=O) groups excluding carboxylic acids is 1. The van der Waals surface area contributed by atoms with Gasteiger partial charge in [-0.3, -0.25) is 10.2 Å². The van der Waals surface area contributed by atoms with Crippen LogP contribution in [0, 0.1) is 5.41 Å². The molecular weight excluding hydrogens is 328 g/mol. The van der Waals surface area contributed by atoms with Crippen LogP contribution in [-0.2, 0) is 4.79 Å². The molecule has 1 aliphatic heterocycles. The van der Waals surface area contributed by atoms with Gasteiger partial charge in [-0.25, -0.2) is 4.98 Å². The number of benzene rings is 1. The molecule has 4 nitrogen and oxygen atoms in total. The minimum absolute atomic E-state index is 0.0440. The predicted octanol–water partition coefficient (Wildman–Crippen LogP) is 4.35. The van der Waals surface area contributed by atoms with Crippen LogP contribution in [-0.4, -0.2) is 21.9 Å². The van der Waals surface area contributed by atoms with Crippen molar-refractivity contribution < 1.29 is 9.53 Å². The minimum Gasteiger partial charge on any atom is -0.491 e. The van der Waals surface area contributed by atoms with E-state index in [0.29, 0.717) is 15.0 Å². The molecule has 0 amide bonds. The Balaban J connectivity index is 1.80. The molecule has 6 heteroatoms. The third-order valence-corrected chi connectivity index (χ3v) is 5.07. The average Bonchev–Trinajstić information content (AvgIpc) is 3.10. The number of nitrogens with one attached hydrogen (secondary N) is 1. The maximum Gasteiger partial charge on any atom is 0.186 e. The van der Waals surface area contributed by atoms with Crippen LogP contribution < -0.4 is 4.74 Å². The zero-order valence-corrected chi connectivity index (χ0v) is 14.4. The molecule has 118 valence electrons. The van der Waals surface area contributed by atoms with Crippen LogP contribution in [0.3, 0.4) is 0 Å². The number of thiazole rings is 1. The standard InChI is InChI=1S/C17H16N2O2S2/c1-10(2)21-12-5-3-11(4-6-12)9-13-15(20)14(16(18)23-13)17-19-7-8-22-17/h3-10,14,18H,1-2H3/b13-9-,18-16?/t14-/m0/s1. The first-order chi connectivity index (χ1) is 11.0. The zero-order chi connectivity index (χ0) is 16.4. The number of hydrogen-bond acceptors (Lipinski definition) is 6. The molecule has 1 aromatic heterocycles. The lowest BCUT2D eigenvalue weighted by Gasteiger charge is -2.09. The lowest BCUT2D eigenvalue weighted by molar-refractivity contribution is -0.114. The van der Waals surface area contributed by atoms with E-state index in [1.807, 2.05) is 49.6 Å². The Kier molecular flexibility index (Phi) is 4.63. The van der Waals surface area contributed by atoms with Crippen LogP contribution in [0.4, 0.5) is 0 Å². The molecule has 1 aromatic carbocycles. The summed E-state index contributed by atoms with van der Waals surface area (Å²) >= 11 is 2.63. The molecule has 1 N–H and O–H groups in total. The van der Waals surface area contributed by atoms with E-state index in [-0.39, 0.29) is 11.9 Å². The van der Waals surface area contributed by atoms with Crippen molar-refractivity contribution in [2.24, 2.45) is 0 Å². The van der Waals surface area contributed by atoms with Gasteiger partial charge in [-0.05, 0) is 37.6 Å². The largest absolute Gasteiger partial charge is 0.491 e. The van der Waals surface area contributed by atoms with Gasteiger partial charge in [-0.15, -0.1) is 11.3 Å². The van der Waals surface area contributed by atoms with E-state index in [4.69, 9.17) is 10.1 Å². The van der Waals surface area contributed by atoms with Crippen molar-refractivity contribution in [3.8, 4) is 5.75 Å². The van der Waals surface area contributed by atoms with Gasteiger partial charge in [-0.1, -0.05) is 23.9 Å². The Morgan fingerprint density at radius 3 is 2.65 bits per heavy atom. The first-order valence-electron chi connectivity index (χ1n) is 7.23. The molecule has 1 saturated heterocycles. The normalized spacial score (nSPS) is 19.8. The van der Waals surface area contributed by atoms with Crippen LogP contribution in [0.1, 0.15) is 30.3 Å². The minimum atomic E-state index is -0.533. The second-order valence-electron chi connectivity index (χ2n) is 5.38. The maximum absolute atomic E-state index is 12.5. The van der Waals surface area contributed by atoms with Crippen molar-refractivity contribution >= 4 is 40.0 Å². The number of allylic oxidation sites excluding steroid dienone is 1. The highest BCUT2D eigenvalue weighted by molar-refractivity contribution is 8.19. The summed E-state index contributed by atoms with van der Waals surface area (Å²) in [5.74, 6) is 0.230. The molecule has 0 spiro atoms. The Hall–Kier alpha value is -1.92. The fourth-order valence-electron chi connectivity index (χ4n) is 2.26. The van der Waals surface area contributed by atoms with E-state index in [1.165, 1.54) is 23.1 Å². The molecule has 0 aliphatic carbocycles. The summed E-state index contributed by atoms with van der Waals surface area (Å²) in [6, 6.07) is 7.61. The lowest BCUT2D eigenvalue weighted by atomic mass is 10.1. The second-order valence-corrected chi connectivity index (χ2v) is 7.39. The average molecular weight is 344 g/mol. The molecule has 1 fully saturated rings. The molecule has 1 aliphatic rings. The third-order valence-electron chi connectivity index (χ3n) is 3.24. The molecule has 0 radical (unpaired) electrons. The van der Waals surface area contributed by atoms with Gasteiger partial charge in [0.25, 0.3) is 0 Å². The number of Topliss-reactive ketones (excluding diaryl/α,β-unsaturated/α-hetero) is 1. The first kappa shape index (κ1) is 16.0. The van der Waals surface area contributed by atoms with Crippen molar-refractivity contribution in [3.05, 3.63) is 51.3 Å². The summed E-state index contributed by atoms with van der Waals surface area (Å²) in [6.45, 7) is 3.96. The van der Waals surface area contributed by atoms with Crippen molar-refractivity contribution in [2.75, 3.05) is 0 Å². The lowest BCUT2D eigenvalue weighted by Crippen LogP contribution is -2.11. The van der Waals surface area contributed by atoms with Crippen molar-refractivity contribution in [1.82, 2.24) is 4.98 Å². The number of hydrogen-bond donors (Lipinski definition) is 1. The predicted molar refractivity (Wildman–Crippen MR) is 95.4 cm³/mol. The molecule has 23 heavy (non-hydrogen) atoms. The van der Waals surface area contributed by atoms with E-state index in [0.717, 1.165) is 11.3 Å². The van der Waals surface area contributed by atoms with Crippen molar-refractivity contribution in [3.63, 3.8) is 0 Å². The highest BCUT2D eigenvalue weighted by Crippen LogP contribution is 2.41. The summed E-state index contributed by atoms with van der Waals surface area (Å²) in [6.07, 6.45) is 3.63. The van der Waals surface area contributed by atoms with Crippen LogP contribution in [0.5, 0.6) is 5.75 Å². The van der Waals surface area contributed by atoms with Gasteiger partial charge < -0.3 is 4.74 Å². The summed E-state index contributed by atoms with van der Waals surface area (Å²) in [5.41, 5.74) is 0.921. The van der Waals surface area contributed by atoms with E-state index in [1.54, 1.807) is 6.20 Å². The van der Waals surface area contributed by atoms with Gasteiger partial charge in [0.2, 0.25) is 0 Å². The molecule has 3 rings (SSSR count). The fourth-order valence-corrected chi connectivity index (χ4v) is 4.06. The van der Waals surface area contributed by atoms with Crippen LogP contribution in [0.2, 0.25) is 0 Å². The molecule has 0 saturated carbocycles. The smallest absolute Gasteiger partial charge is 0.186 e. The van der Waals surface area contributed by atoms with Crippen LogP contribution in [0.15, 0.2) is 40.7 Å². The van der Waals surface area contributed by atoms with E-state index in [2.05, 4.69) is 4.98 Å². The molecule has 0 unspecified atom stereocenters. The van der Waals surface area contributed by atoms with Crippen LogP contribution in [0.25, 0.3) is 6.08 Å². The quantitative estimate of drug-likeness (QED) is 0.838. The van der Waals surface area contributed by atoms with Gasteiger partial charge in [0.05, 0.1) is 16.1 Å².